The Morgan fingerprint density at radius 1 is 0.667 bits per heavy atom. The zero-order valence-corrected chi connectivity index (χ0v) is 11.1. The molecule has 0 atom stereocenters. The Kier molecular flexibility index (Phi) is 9.34. The van der Waals surface area contributed by atoms with E-state index in [-0.39, 0.29) is 5.31 Å². The standard InChI is InChI=1S/C14H29B/c1-4-7-10-13-14(15,11-8-5-2)12-9-6-3/h4-13H2,1-3H3. The molecule has 0 saturated carbocycles. The van der Waals surface area contributed by atoms with Crippen molar-refractivity contribution in [3.8, 4) is 0 Å². The molecule has 0 amide bonds. The van der Waals surface area contributed by atoms with Crippen LogP contribution in [-0.2, 0) is 0 Å². The van der Waals surface area contributed by atoms with Crippen molar-refractivity contribution in [1.82, 2.24) is 0 Å². The Bertz CT molecular complexity index is 123. The molecule has 0 rings (SSSR count). The molecule has 0 bridgehead atoms. The van der Waals surface area contributed by atoms with Gasteiger partial charge < -0.3 is 0 Å². The van der Waals surface area contributed by atoms with Crippen molar-refractivity contribution in [2.24, 2.45) is 0 Å². The summed E-state index contributed by atoms with van der Waals surface area (Å²) in [6.45, 7) is 6.77. The van der Waals surface area contributed by atoms with Crippen LogP contribution in [0.1, 0.15) is 85.0 Å². The summed E-state index contributed by atoms with van der Waals surface area (Å²) < 4.78 is 0. The maximum absolute atomic E-state index is 6.51. The van der Waals surface area contributed by atoms with E-state index in [4.69, 9.17) is 7.85 Å². The van der Waals surface area contributed by atoms with Crippen LogP contribution in [0.25, 0.3) is 0 Å². The zero-order valence-electron chi connectivity index (χ0n) is 11.1. The van der Waals surface area contributed by atoms with Crippen LogP contribution in [0.5, 0.6) is 0 Å². The third-order valence-corrected chi connectivity index (χ3v) is 3.33. The molecule has 0 aromatic carbocycles. The van der Waals surface area contributed by atoms with Crippen molar-refractivity contribution in [2.45, 2.75) is 90.3 Å². The fourth-order valence-electron chi connectivity index (χ4n) is 2.16. The van der Waals surface area contributed by atoms with E-state index < -0.39 is 0 Å². The van der Waals surface area contributed by atoms with Crippen LogP contribution in [0.2, 0.25) is 5.31 Å². The molecule has 0 nitrogen and oxygen atoms in total. The average Bonchev–Trinajstić information content (AvgIpc) is 2.24. The van der Waals surface area contributed by atoms with Gasteiger partial charge in [0.15, 0.2) is 0 Å². The molecule has 88 valence electrons. The first kappa shape index (κ1) is 15.1. The molecule has 1 heteroatoms. The van der Waals surface area contributed by atoms with Crippen LogP contribution in [0.15, 0.2) is 0 Å². The lowest BCUT2D eigenvalue weighted by atomic mass is 9.60. The first-order valence-electron chi connectivity index (χ1n) is 6.97. The molecule has 0 aliphatic rings. The molecule has 15 heavy (non-hydrogen) atoms. The van der Waals surface area contributed by atoms with Gasteiger partial charge in [0.25, 0.3) is 0 Å². The van der Waals surface area contributed by atoms with Crippen molar-refractivity contribution in [3.63, 3.8) is 0 Å². The summed E-state index contributed by atoms with van der Waals surface area (Å²) in [5, 5.41) is 0.154. The fraction of sp³-hybridized carbons (Fsp3) is 1.00. The van der Waals surface area contributed by atoms with Gasteiger partial charge in [0, 0.05) is 0 Å². The summed E-state index contributed by atoms with van der Waals surface area (Å²) >= 11 is 0. The molecule has 0 N–H and O–H groups in total. The van der Waals surface area contributed by atoms with Crippen LogP contribution < -0.4 is 0 Å². The summed E-state index contributed by atoms with van der Waals surface area (Å²) in [6.07, 6.45) is 12.8. The summed E-state index contributed by atoms with van der Waals surface area (Å²) in [5.74, 6) is 0. The minimum Gasteiger partial charge on any atom is -0.0661 e. The van der Waals surface area contributed by atoms with E-state index in [0.29, 0.717) is 0 Å². The van der Waals surface area contributed by atoms with E-state index in [9.17, 15) is 0 Å². The van der Waals surface area contributed by atoms with Gasteiger partial charge in [-0.1, -0.05) is 90.3 Å². The molecule has 0 aromatic heterocycles. The molecular weight excluding hydrogens is 179 g/mol. The van der Waals surface area contributed by atoms with E-state index in [0.717, 1.165) is 0 Å². The van der Waals surface area contributed by atoms with Gasteiger partial charge in [-0.2, -0.15) is 0 Å². The second-order valence-electron chi connectivity index (χ2n) is 5.03. The van der Waals surface area contributed by atoms with Gasteiger partial charge in [-0.25, -0.2) is 0 Å². The summed E-state index contributed by atoms with van der Waals surface area (Å²) in [5.41, 5.74) is 0. The SMILES string of the molecule is [B]C(CCCC)(CCCC)CCCCC. The molecule has 0 fully saturated rings. The lowest BCUT2D eigenvalue weighted by Gasteiger charge is -2.30. The monoisotopic (exact) mass is 208 g/mol. The second kappa shape index (κ2) is 9.30. The van der Waals surface area contributed by atoms with Crippen molar-refractivity contribution in [1.29, 1.82) is 0 Å². The van der Waals surface area contributed by atoms with Gasteiger partial charge in [0.2, 0.25) is 0 Å². The molecule has 0 saturated heterocycles. The number of hydrogen-bond acceptors (Lipinski definition) is 0. The van der Waals surface area contributed by atoms with E-state index in [2.05, 4.69) is 20.8 Å². The van der Waals surface area contributed by atoms with Crippen molar-refractivity contribution in [2.75, 3.05) is 0 Å². The molecule has 0 heterocycles. The van der Waals surface area contributed by atoms with E-state index in [1.54, 1.807) is 0 Å². The fourth-order valence-corrected chi connectivity index (χ4v) is 2.16. The molecule has 0 aliphatic heterocycles. The molecule has 0 aliphatic carbocycles. The quantitative estimate of drug-likeness (QED) is 0.338. The molecule has 0 unspecified atom stereocenters. The van der Waals surface area contributed by atoms with Gasteiger partial charge in [-0.15, -0.1) is 0 Å². The minimum atomic E-state index is 0.154. The van der Waals surface area contributed by atoms with E-state index in [1.807, 2.05) is 0 Å². The van der Waals surface area contributed by atoms with Crippen LogP contribution in [0.4, 0.5) is 0 Å². The topological polar surface area (TPSA) is 0 Å². The first-order valence-corrected chi connectivity index (χ1v) is 6.97. The molecular formula is C14H29B. The number of unbranched alkanes of at least 4 members (excludes halogenated alkanes) is 4. The third-order valence-electron chi connectivity index (χ3n) is 3.33. The summed E-state index contributed by atoms with van der Waals surface area (Å²) in [7, 11) is 6.51. The lowest BCUT2D eigenvalue weighted by molar-refractivity contribution is 0.400. The Morgan fingerprint density at radius 2 is 1.07 bits per heavy atom. The average molecular weight is 208 g/mol. The first-order chi connectivity index (χ1) is 7.18. The normalized spacial score (nSPS) is 11.9. The van der Waals surface area contributed by atoms with Crippen molar-refractivity contribution in [3.05, 3.63) is 0 Å². The Labute approximate surface area is 98.6 Å². The van der Waals surface area contributed by atoms with Crippen molar-refractivity contribution >= 4 is 7.85 Å². The van der Waals surface area contributed by atoms with Gasteiger partial charge in [-0.3, -0.25) is 0 Å². The molecule has 0 aromatic rings. The van der Waals surface area contributed by atoms with Gasteiger partial charge in [0.1, 0.15) is 0 Å². The maximum atomic E-state index is 6.51. The van der Waals surface area contributed by atoms with Crippen LogP contribution >= 0.6 is 0 Å². The predicted octanol–water partition coefficient (Wildman–Crippen LogP) is 5.27. The highest BCUT2D eigenvalue weighted by molar-refractivity contribution is 6.15. The minimum absolute atomic E-state index is 0.154. The smallest absolute Gasteiger partial charge is 0.0661 e. The Morgan fingerprint density at radius 3 is 1.47 bits per heavy atom. The Hall–Kier alpha value is 0.0649. The largest absolute Gasteiger partial charge is 0.0746 e. The highest BCUT2D eigenvalue weighted by atomic mass is 14.2. The summed E-state index contributed by atoms with van der Waals surface area (Å²) in [6, 6.07) is 0. The van der Waals surface area contributed by atoms with Crippen LogP contribution in [0.3, 0.4) is 0 Å². The van der Waals surface area contributed by atoms with Crippen molar-refractivity contribution < 1.29 is 0 Å². The van der Waals surface area contributed by atoms with Gasteiger partial charge in [0.05, 0.1) is 7.85 Å². The highest BCUT2D eigenvalue weighted by Crippen LogP contribution is 2.40. The highest BCUT2D eigenvalue weighted by Gasteiger charge is 2.21. The second-order valence-corrected chi connectivity index (χ2v) is 5.03. The lowest BCUT2D eigenvalue weighted by Crippen LogP contribution is -2.13. The molecule has 2 radical (unpaired) electrons. The zero-order chi connectivity index (χ0) is 11.6. The Balaban J connectivity index is 3.89. The van der Waals surface area contributed by atoms with E-state index >= 15 is 0 Å². The van der Waals surface area contributed by atoms with Crippen LogP contribution in [0, 0.1) is 0 Å². The van der Waals surface area contributed by atoms with Gasteiger partial charge in [-0.05, 0) is 0 Å². The maximum Gasteiger partial charge on any atom is 0.0746 e. The summed E-state index contributed by atoms with van der Waals surface area (Å²) in [4.78, 5) is 0. The predicted molar refractivity (Wildman–Crippen MR) is 71.6 cm³/mol. The number of hydrogen-bond donors (Lipinski definition) is 0. The number of rotatable bonds is 10. The van der Waals surface area contributed by atoms with E-state index in [1.165, 1.54) is 64.2 Å². The molecule has 0 spiro atoms. The third kappa shape index (κ3) is 7.93. The van der Waals surface area contributed by atoms with Gasteiger partial charge >= 0.3 is 0 Å². The van der Waals surface area contributed by atoms with Crippen LogP contribution in [-0.4, -0.2) is 7.85 Å².